The lowest BCUT2D eigenvalue weighted by atomic mass is 9.90. The van der Waals surface area contributed by atoms with Gasteiger partial charge in [-0.15, -0.1) is 0 Å². The minimum absolute atomic E-state index is 0.230. The molecule has 1 unspecified atom stereocenters. The first kappa shape index (κ1) is 9.46. The van der Waals surface area contributed by atoms with E-state index in [-0.39, 0.29) is 6.03 Å². The minimum atomic E-state index is 0.230. The van der Waals surface area contributed by atoms with Gasteiger partial charge in [-0.1, -0.05) is 6.42 Å². The summed E-state index contributed by atoms with van der Waals surface area (Å²) < 4.78 is 0. The van der Waals surface area contributed by atoms with Crippen molar-refractivity contribution >= 4 is 6.03 Å². The molecule has 2 saturated heterocycles. The number of nitrogens with zero attached hydrogens (tertiary/aromatic N) is 3. The van der Waals surface area contributed by atoms with Crippen molar-refractivity contribution in [2.24, 2.45) is 0 Å². The molecule has 1 aliphatic carbocycles. The maximum atomic E-state index is 11.7. The van der Waals surface area contributed by atoms with Gasteiger partial charge in [0, 0.05) is 39.3 Å². The number of rotatable bonds is 1. The quantitative estimate of drug-likeness (QED) is 0.632. The lowest BCUT2D eigenvalue weighted by Gasteiger charge is -2.44. The van der Waals surface area contributed by atoms with Crippen molar-refractivity contribution in [2.45, 2.75) is 31.3 Å². The number of carbonyl (C=O) groups is 1. The molecular weight excluding hydrogens is 190 g/mol. The summed E-state index contributed by atoms with van der Waals surface area (Å²) in [7, 11) is 1.91. The summed E-state index contributed by atoms with van der Waals surface area (Å²) in [6.07, 6.45) is 4.14. The van der Waals surface area contributed by atoms with Crippen molar-refractivity contribution in [1.29, 1.82) is 0 Å². The van der Waals surface area contributed by atoms with Crippen LogP contribution in [-0.4, -0.2) is 66.0 Å². The molecule has 0 radical (unpaired) electrons. The van der Waals surface area contributed by atoms with Crippen LogP contribution in [0.15, 0.2) is 0 Å². The number of likely N-dealkylation sites (N-methyl/N-ethyl adjacent to an activating group) is 1. The van der Waals surface area contributed by atoms with E-state index in [1.807, 2.05) is 11.9 Å². The fourth-order valence-electron chi connectivity index (χ4n) is 2.98. The van der Waals surface area contributed by atoms with E-state index in [1.165, 1.54) is 19.3 Å². The van der Waals surface area contributed by atoms with Crippen LogP contribution < -0.4 is 0 Å². The van der Waals surface area contributed by atoms with E-state index in [9.17, 15) is 4.79 Å². The lowest BCUT2D eigenvalue weighted by molar-refractivity contribution is 0.0558. The molecule has 3 aliphatic rings. The van der Waals surface area contributed by atoms with Gasteiger partial charge in [0.15, 0.2) is 0 Å². The highest BCUT2D eigenvalue weighted by molar-refractivity contribution is 5.77. The highest BCUT2D eigenvalue weighted by Gasteiger charge is 2.40. The van der Waals surface area contributed by atoms with Crippen molar-refractivity contribution in [3.63, 3.8) is 0 Å². The predicted molar refractivity (Wildman–Crippen MR) is 57.7 cm³/mol. The molecule has 0 aromatic carbocycles. The molecule has 4 heteroatoms. The largest absolute Gasteiger partial charge is 0.326 e. The summed E-state index contributed by atoms with van der Waals surface area (Å²) in [6.45, 7) is 4.04. The third-order valence-corrected chi connectivity index (χ3v) is 4.16. The maximum absolute atomic E-state index is 11.7. The Morgan fingerprint density at radius 3 is 2.60 bits per heavy atom. The van der Waals surface area contributed by atoms with Crippen molar-refractivity contribution in [3.8, 4) is 0 Å². The van der Waals surface area contributed by atoms with E-state index in [0.29, 0.717) is 6.04 Å². The molecule has 0 N–H and O–H groups in total. The van der Waals surface area contributed by atoms with Crippen LogP contribution in [0.25, 0.3) is 0 Å². The maximum Gasteiger partial charge on any atom is 0.320 e. The van der Waals surface area contributed by atoms with Crippen molar-refractivity contribution < 1.29 is 4.79 Å². The van der Waals surface area contributed by atoms with Gasteiger partial charge in [0.2, 0.25) is 0 Å². The summed E-state index contributed by atoms with van der Waals surface area (Å²) in [5, 5.41) is 0. The molecule has 1 atom stereocenters. The minimum Gasteiger partial charge on any atom is -0.326 e. The van der Waals surface area contributed by atoms with Crippen molar-refractivity contribution in [2.75, 3.05) is 33.2 Å². The molecule has 3 fully saturated rings. The van der Waals surface area contributed by atoms with Gasteiger partial charge in [0.05, 0.1) is 6.04 Å². The summed E-state index contributed by atoms with van der Waals surface area (Å²) in [6, 6.07) is 1.51. The Morgan fingerprint density at radius 2 is 1.93 bits per heavy atom. The molecule has 3 rings (SSSR count). The Labute approximate surface area is 90.8 Å². The predicted octanol–water partition coefficient (Wildman–Crippen LogP) is 0.590. The Morgan fingerprint density at radius 1 is 1.13 bits per heavy atom. The third kappa shape index (κ3) is 1.42. The van der Waals surface area contributed by atoms with Gasteiger partial charge in [0.1, 0.15) is 0 Å². The highest BCUT2D eigenvalue weighted by Crippen LogP contribution is 2.28. The number of amides is 2. The standard InChI is InChI=1S/C11H19N3O/c1-12-7-10-8-13(9-3-2-4-9)5-6-14(10)11(12)15/h9-10H,2-8H2,1H3. The SMILES string of the molecule is CN1CC2CN(C3CCC3)CCN2C1=O. The van der Waals surface area contributed by atoms with Gasteiger partial charge in [-0.3, -0.25) is 4.90 Å². The van der Waals surface area contributed by atoms with Gasteiger partial charge in [-0.25, -0.2) is 4.79 Å². The monoisotopic (exact) mass is 209 g/mol. The number of piperazine rings is 1. The van der Waals surface area contributed by atoms with Crippen molar-refractivity contribution in [3.05, 3.63) is 0 Å². The van der Waals surface area contributed by atoms with E-state index in [1.54, 1.807) is 0 Å². The van der Waals surface area contributed by atoms with Gasteiger partial charge in [0.25, 0.3) is 0 Å². The number of urea groups is 1. The normalized spacial score (nSPS) is 33.1. The second-order valence-electron chi connectivity index (χ2n) is 5.09. The average Bonchev–Trinajstić information content (AvgIpc) is 2.40. The summed E-state index contributed by atoms with van der Waals surface area (Å²) in [4.78, 5) is 18.2. The second-order valence-corrected chi connectivity index (χ2v) is 5.09. The first-order chi connectivity index (χ1) is 7.25. The molecular formula is C11H19N3O. The zero-order valence-corrected chi connectivity index (χ0v) is 9.35. The molecule has 4 nitrogen and oxygen atoms in total. The van der Waals surface area contributed by atoms with Crippen LogP contribution in [0, 0.1) is 0 Å². The average molecular weight is 209 g/mol. The van der Waals surface area contributed by atoms with Crippen LogP contribution in [0.5, 0.6) is 0 Å². The summed E-state index contributed by atoms with van der Waals surface area (Å²) >= 11 is 0. The van der Waals surface area contributed by atoms with Gasteiger partial charge in [-0.05, 0) is 12.8 Å². The Balaban J connectivity index is 1.66. The van der Waals surface area contributed by atoms with Gasteiger partial charge >= 0.3 is 6.03 Å². The van der Waals surface area contributed by atoms with E-state index < -0.39 is 0 Å². The fraction of sp³-hybridized carbons (Fsp3) is 0.909. The molecule has 2 heterocycles. The molecule has 2 aliphatic heterocycles. The number of hydrogen-bond acceptors (Lipinski definition) is 2. The highest BCUT2D eigenvalue weighted by atomic mass is 16.2. The molecule has 0 aromatic heterocycles. The molecule has 84 valence electrons. The number of carbonyl (C=O) groups excluding carboxylic acids is 1. The van der Waals surface area contributed by atoms with Crippen molar-refractivity contribution in [1.82, 2.24) is 14.7 Å². The van der Waals surface area contributed by atoms with E-state index in [4.69, 9.17) is 0 Å². The summed E-state index contributed by atoms with van der Waals surface area (Å²) in [5.41, 5.74) is 0. The lowest BCUT2D eigenvalue weighted by Crippen LogP contribution is -2.56. The topological polar surface area (TPSA) is 26.8 Å². The number of hydrogen-bond donors (Lipinski definition) is 0. The van der Waals surface area contributed by atoms with E-state index in [2.05, 4.69) is 9.80 Å². The zero-order chi connectivity index (χ0) is 10.4. The first-order valence-corrected chi connectivity index (χ1v) is 6.01. The molecule has 0 bridgehead atoms. The second kappa shape index (κ2) is 3.37. The summed E-state index contributed by atoms with van der Waals surface area (Å²) in [5.74, 6) is 0. The van der Waals surface area contributed by atoms with Crippen LogP contribution in [-0.2, 0) is 0 Å². The van der Waals surface area contributed by atoms with Crippen LogP contribution in [0.4, 0.5) is 4.79 Å². The van der Waals surface area contributed by atoms with Gasteiger partial charge in [-0.2, -0.15) is 0 Å². The molecule has 2 amide bonds. The smallest absolute Gasteiger partial charge is 0.320 e. The molecule has 0 spiro atoms. The third-order valence-electron chi connectivity index (χ3n) is 4.16. The van der Waals surface area contributed by atoms with E-state index in [0.717, 1.165) is 32.2 Å². The Hall–Kier alpha value is -0.770. The molecule has 0 aromatic rings. The molecule has 1 saturated carbocycles. The Kier molecular flexibility index (Phi) is 2.12. The zero-order valence-electron chi connectivity index (χ0n) is 9.35. The Bertz CT molecular complexity index is 277. The van der Waals surface area contributed by atoms with Crippen LogP contribution in [0.3, 0.4) is 0 Å². The molecule has 15 heavy (non-hydrogen) atoms. The first-order valence-electron chi connectivity index (χ1n) is 6.01. The van der Waals surface area contributed by atoms with Gasteiger partial charge < -0.3 is 9.80 Å². The van der Waals surface area contributed by atoms with Crippen LogP contribution in [0.1, 0.15) is 19.3 Å². The van der Waals surface area contributed by atoms with Crippen LogP contribution in [0.2, 0.25) is 0 Å². The fourth-order valence-corrected chi connectivity index (χ4v) is 2.98. The van der Waals surface area contributed by atoms with E-state index >= 15 is 0 Å². The van der Waals surface area contributed by atoms with Crippen LogP contribution >= 0.6 is 0 Å². The number of fused-ring (bicyclic) bond motifs is 1.